The van der Waals surface area contributed by atoms with E-state index >= 15 is 0 Å². The van der Waals surface area contributed by atoms with Crippen molar-refractivity contribution in [2.45, 2.75) is 18.9 Å². The largest absolute Gasteiger partial charge is 0.358 e. The Balaban J connectivity index is 2.23. The number of carbonyl (C=O) groups excluding carboxylic acids is 2. The first-order valence-corrected chi connectivity index (χ1v) is 6.12. The average molecular weight is 294 g/mol. The highest BCUT2D eigenvalue weighted by molar-refractivity contribution is 6.01. The summed E-state index contributed by atoms with van der Waals surface area (Å²) in [5, 5.41) is 13.6. The second-order valence-electron chi connectivity index (χ2n) is 4.52. The van der Waals surface area contributed by atoms with Gasteiger partial charge in [0.15, 0.2) is 0 Å². The maximum absolute atomic E-state index is 12.0. The van der Waals surface area contributed by atoms with E-state index < -0.39 is 16.9 Å². The molecule has 0 radical (unpaired) electrons. The lowest BCUT2D eigenvalue weighted by atomic mass is 10.0. The second kappa shape index (κ2) is 5.71. The fourth-order valence-corrected chi connectivity index (χ4v) is 2.00. The number of nitrogens with one attached hydrogen (secondary N) is 2. The molecule has 10 nitrogen and oxygen atoms in total. The zero-order valence-corrected chi connectivity index (χ0v) is 11.2. The molecule has 0 aliphatic carbocycles. The van der Waals surface area contributed by atoms with E-state index in [1.54, 1.807) is 0 Å². The van der Waals surface area contributed by atoms with Crippen molar-refractivity contribution in [3.8, 4) is 0 Å². The van der Waals surface area contributed by atoms with Crippen LogP contribution in [-0.4, -0.2) is 39.7 Å². The van der Waals surface area contributed by atoms with Crippen LogP contribution in [0.4, 0.5) is 17.3 Å². The third-order valence-corrected chi connectivity index (χ3v) is 3.14. The van der Waals surface area contributed by atoms with Gasteiger partial charge >= 0.3 is 0 Å². The number of rotatable bonds is 4. The molecule has 1 aliphatic rings. The fourth-order valence-electron chi connectivity index (χ4n) is 2.00. The van der Waals surface area contributed by atoms with E-state index in [0.29, 0.717) is 6.42 Å². The van der Waals surface area contributed by atoms with Gasteiger partial charge in [-0.1, -0.05) is 0 Å². The number of nitro groups is 1. The topological polar surface area (TPSA) is 143 Å². The summed E-state index contributed by atoms with van der Waals surface area (Å²) in [4.78, 5) is 38.6. The normalized spacial score (nSPS) is 18.6. The maximum Gasteiger partial charge on any atom is 0.276 e. The lowest BCUT2D eigenvalue weighted by Crippen LogP contribution is -2.48. The van der Waals surface area contributed by atoms with Crippen LogP contribution in [0, 0.1) is 10.1 Å². The Kier molecular flexibility index (Phi) is 3.98. The van der Waals surface area contributed by atoms with Crippen LogP contribution in [-0.2, 0) is 9.59 Å². The molecule has 1 atom stereocenters. The summed E-state index contributed by atoms with van der Waals surface area (Å²) in [6.45, 7) is 0. The lowest BCUT2D eigenvalue weighted by molar-refractivity contribution is -0.384. The van der Waals surface area contributed by atoms with Crippen molar-refractivity contribution in [1.82, 2.24) is 9.88 Å². The lowest BCUT2D eigenvalue weighted by Gasteiger charge is -2.28. The van der Waals surface area contributed by atoms with Crippen molar-refractivity contribution < 1.29 is 14.5 Å². The minimum Gasteiger partial charge on any atom is -0.358 e. The van der Waals surface area contributed by atoms with E-state index in [2.05, 4.69) is 15.7 Å². The fraction of sp³-hybridized carbons (Fsp3) is 0.364. The van der Waals surface area contributed by atoms with Crippen molar-refractivity contribution in [2.75, 3.05) is 17.8 Å². The quantitative estimate of drug-likeness (QED) is 0.300. The van der Waals surface area contributed by atoms with E-state index in [1.165, 1.54) is 19.2 Å². The van der Waals surface area contributed by atoms with Gasteiger partial charge in [0.1, 0.15) is 17.7 Å². The standard InChI is InChI=1S/C11H14N6O4/c1-16-10(18)3-2-7(11(16)19)13-8-4-6(17(20)21)5-9(14-8)15-12/h4-5,7H,2-3,12H2,1H3,(H2,13,14,15). The van der Waals surface area contributed by atoms with Gasteiger partial charge in [0.05, 0.1) is 17.1 Å². The molecule has 4 N–H and O–H groups in total. The van der Waals surface area contributed by atoms with E-state index in [1.807, 2.05) is 0 Å². The van der Waals surface area contributed by atoms with Crippen LogP contribution in [0.5, 0.6) is 0 Å². The molecule has 112 valence electrons. The van der Waals surface area contributed by atoms with Crippen LogP contribution in [0.15, 0.2) is 12.1 Å². The van der Waals surface area contributed by atoms with Crippen LogP contribution in [0.3, 0.4) is 0 Å². The number of likely N-dealkylation sites (tertiary alicyclic amines) is 1. The number of hydrazine groups is 1. The Bertz CT molecular complexity index is 604. The average Bonchev–Trinajstić information content (AvgIpc) is 2.47. The first-order chi connectivity index (χ1) is 9.92. The van der Waals surface area contributed by atoms with E-state index in [4.69, 9.17) is 5.84 Å². The molecule has 1 saturated heterocycles. The van der Waals surface area contributed by atoms with Crippen molar-refractivity contribution in [3.63, 3.8) is 0 Å². The third kappa shape index (κ3) is 3.05. The predicted octanol–water partition coefficient (Wildman–Crippen LogP) is -0.165. The second-order valence-corrected chi connectivity index (χ2v) is 4.52. The molecule has 0 saturated carbocycles. The monoisotopic (exact) mass is 294 g/mol. The van der Waals surface area contributed by atoms with Crippen LogP contribution < -0.4 is 16.6 Å². The van der Waals surface area contributed by atoms with E-state index in [9.17, 15) is 19.7 Å². The Morgan fingerprint density at radius 2 is 2.10 bits per heavy atom. The number of nitrogens with two attached hydrogens (primary N) is 1. The molecule has 1 unspecified atom stereocenters. The molecular formula is C11H14N6O4. The molecule has 0 bridgehead atoms. The Labute approximate surface area is 119 Å². The molecule has 2 amide bonds. The smallest absolute Gasteiger partial charge is 0.276 e. The Morgan fingerprint density at radius 3 is 2.71 bits per heavy atom. The summed E-state index contributed by atoms with van der Waals surface area (Å²) in [5.74, 6) is 4.78. The highest BCUT2D eigenvalue weighted by atomic mass is 16.6. The SMILES string of the molecule is CN1C(=O)CCC(Nc2cc([N+](=O)[O-])cc(NN)n2)C1=O. The number of carbonyl (C=O) groups is 2. The van der Waals surface area contributed by atoms with Gasteiger partial charge in [-0.15, -0.1) is 0 Å². The summed E-state index contributed by atoms with van der Waals surface area (Å²) in [6, 6.07) is 1.71. The first kappa shape index (κ1) is 14.7. The van der Waals surface area contributed by atoms with Gasteiger partial charge in [0.2, 0.25) is 5.91 Å². The molecule has 0 spiro atoms. The van der Waals surface area contributed by atoms with Crippen LogP contribution in [0.1, 0.15) is 12.8 Å². The zero-order chi connectivity index (χ0) is 15.6. The Morgan fingerprint density at radius 1 is 1.43 bits per heavy atom. The number of nitrogens with zero attached hydrogens (tertiary/aromatic N) is 3. The van der Waals surface area contributed by atoms with Crippen molar-refractivity contribution in [1.29, 1.82) is 0 Å². The number of imide groups is 1. The number of amides is 2. The highest BCUT2D eigenvalue weighted by Crippen LogP contribution is 2.22. The van der Waals surface area contributed by atoms with E-state index in [-0.39, 0.29) is 29.7 Å². The third-order valence-electron chi connectivity index (χ3n) is 3.14. The van der Waals surface area contributed by atoms with Crippen LogP contribution in [0.2, 0.25) is 0 Å². The van der Waals surface area contributed by atoms with Gasteiger partial charge < -0.3 is 10.7 Å². The van der Waals surface area contributed by atoms with E-state index in [0.717, 1.165) is 4.90 Å². The molecule has 2 rings (SSSR count). The van der Waals surface area contributed by atoms with Gasteiger partial charge in [0.25, 0.3) is 11.6 Å². The summed E-state index contributed by atoms with van der Waals surface area (Å²) < 4.78 is 0. The number of nitrogen functional groups attached to an aromatic ring is 1. The molecule has 2 heterocycles. The number of aromatic nitrogens is 1. The van der Waals surface area contributed by atoms with Gasteiger partial charge in [-0.2, -0.15) is 0 Å². The minimum absolute atomic E-state index is 0.0967. The Hall–Kier alpha value is -2.75. The molecule has 21 heavy (non-hydrogen) atoms. The number of piperidine rings is 1. The molecule has 1 aliphatic heterocycles. The number of pyridine rings is 1. The van der Waals surface area contributed by atoms with Crippen molar-refractivity contribution in [2.24, 2.45) is 5.84 Å². The molecule has 0 aromatic carbocycles. The minimum atomic E-state index is -0.659. The summed E-state index contributed by atoms with van der Waals surface area (Å²) in [7, 11) is 1.40. The van der Waals surface area contributed by atoms with Crippen LogP contribution in [0.25, 0.3) is 0 Å². The molecule has 1 fully saturated rings. The number of hydrogen-bond acceptors (Lipinski definition) is 8. The van der Waals surface area contributed by atoms with Crippen molar-refractivity contribution in [3.05, 3.63) is 22.2 Å². The summed E-state index contributed by atoms with van der Waals surface area (Å²) in [6.07, 6.45) is 0.522. The highest BCUT2D eigenvalue weighted by Gasteiger charge is 2.32. The van der Waals surface area contributed by atoms with Gasteiger partial charge in [-0.05, 0) is 6.42 Å². The molecule has 1 aromatic rings. The molecule has 10 heteroatoms. The predicted molar refractivity (Wildman–Crippen MR) is 73.1 cm³/mol. The van der Waals surface area contributed by atoms with Gasteiger partial charge in [-0.3, -0.25) is 24.6 Å². The number of anilines is 2. The summed E-state index contributed by atoms with van der Waals surface area (Å²) in [5.41, 5.74) is 2.01. The van der Waals surface area contributed by atoms with Gasteiger partial charge in [0, 0.05) is 13.5 Å². The molecular weight excluding hydrogens is 280 g/mol. The number of likely N-dealkylation sites (N-methyl/N-ethyl adjacent to an activating group) is 1. The maximum atomic E-state index is 12.0. The number of hydrogen-bond donors (Lipinski definition) is 3. The van der Waals surface area contributed by atoms with Crippen molar-refractivity contribution >= 4 is 29.1 Å². The summed E-state index contributed by atoms with van der Waals surface area (Å²) >= 11 is 0. The first-order valence-electron chi connectivity index (χ1n) is 6.12. The zero-order valence-electron chi connectivity index (χ0n) is 11.2. The van der Waals surface area contributed by atoms with Gasteiger partial charge in [-0.25, -0.2) is 10.8 Å². The molecule has 1 aromatic heterocycles. The van der Waals surface area contributed by atoms with Crippen LogP contribution >= 0.6 is 0 Å².